The molecule has 1 aromatic carbocycles. The zero-order valence-electron chi connectivity index (χ0n) is 43.6. The lowest BCUT2D eigenvalue weighted by Crippen LogP contribution is -2.48. The number of carbonyl (C=O) groups excluding carboxylic acids is 5. The van der Waals surface area contributed by atoms with Crippen LogP contribution in [0.2, 0.25) is 0 Å². The van der Waals surface area contributed by atoms with Gasteiger partial charge in [0.05, 0.1) is 32.0 Å². The Balaban J connectivity index is 1.06. The molecule has 3 aliphatic carbocycles. The number of anilines is 1. The number of amides is 5. The summed E-state index contributed by atoms with van der Waals surface area (Å²) < 4.78 is 10.6. The molecule has 3 fully saturated rings. The van der Waals surface area contributed by atoms with Gasteiger partial charge in [-0.1, -0.05) is 40.0 Å². The fourth-order valence-corrected chi connectivity index (χ4v) is 11.6. The number of rotatable bonds is 33. The maximum Gasteiger partial charge on any atom is 0.326 e. The van der Waals surface area contributed by atoms with Gasteiger partial charge >= 0.3 is 17.9 Å². The molecule has 0 aliphatic heterocycles. The third kappa shape index (κ3) is 19.4. The first kappa shape index (κ1) is 61.2. The Morgan fingerprint density at radius 2 is 1.27 bits per heavy atom. The number of nitrogens with two attached hydrogens (primary N) is 1. The van der Waals surface area contributed by atoms with Gasteiger partial charge in [0.1, 0.15) is 24.7 Å². The Hall–Kier alpha value is -5.38. The number of benzene rings is 1. The van der Waals surface area contributed by atoms with Crippen molar-refractivity contribution in [3.8, 4) is 0 Å². The van der Waals surface area contributed by atoms with Crippen LogP contribution in [-0.4, -0.2) is 143 Å². The van der Waals surface area contributed by atoms with E-state index in [9.17, 15) is 63.9 Å². The number of hydrogen-bond donors (Lipinski definition) is 11. The van der Waals surface area contributed by atoms with Crippen LogP contribution < -0.4 is 32.3 Å². The smallest absolute Gasteiger partial charge is 0.326 e. The van der Waals surface area contributed by atoms with E-state index in [1.54, 1.807) is 24.3 Å². The molecule has 5 amide bonds. The maximum atomic E-state index is 13.1. The first-order chi connectivity index (χ1) is 35.1. The average Bonchev–Trinajstić information content (AvgIpc) is 3.76. The van der Waals surface area contributed by atoms with Gasteiger partial charge in [0.15, 0.2) is 0 Å². The fourth-order valence-electron chi connectivity index (χ4n) is 11.6. The molecule has 0 spiro atoms. The summed E-state index contributed by atoms with van der Waals surface area (Å²) in [5.41, 5.74) is 6.38. The van der Waals surface area contributed by atoms with Gasteiger partial charge in [0.2, 0.25) is 23.6 Å². The van der Waals surface area contributed by atoms with Crippen molar-refractivity contribution in [3.63, 3.8) is 0 Å². The first-order valence-electron chi connectivity index (χ1n) is 26.6. The van der Waals surface area contributed by atoms with Crippen molar-refractivity contribution in [1.82, 2.24) is 26.6 Å². The van der Waals surface area contributed by atoms with Crippen LogP contribution in [0.25, 0.3) is 0 Å². The second kappa shape index (κ2) is 30.2. The van der Waals surface area contributed by atoms with Crippen LogP contribution >= 0.6 is 0 Å². The molecule has 1 aromatic rings. The molecule has 74 heavy (non-hydrogen) atoms. The molecule has 0 saturated heterocycles. The normalized spacial score (nSPS) is 24.4. The summed E-state index contributed by atoms with van der Waals surface area (Å²) in [4.78, 5) is 98.4. The number of aliphatic hydroxyl groups excluding tert-OH is 2. The highest BCUT2D eigenvalue weighted by Gasteiger charge is 2.52. The van der Waals surface area contributed by atoms with E-state index < -0.39 is 78.8 Å². The van der Waals surface area contributed by atoms with Crippen LogP contribution in [-0.2, 0) is 43.0 Å². The molecule has 3 aliphatic rings. The molecule has 12 N–H and O–H groups in total. The number of carboxylic acid groups (broad SMARTS) is 3. The summed E-state index contributed by atoms with van der Waals surface area (Å²) in [6, 6.07) is 2.45. The second-order valence-corrected chi connectivity index (χ2v) is 21.4. The van der Waals surface area contributed by atoms with E-state index in [-0.39, 0.29) is 99.1 Å². The minimum absolute atomic E-state index is 0.00727. The van der Waals surface area contributed by atoms with Crippen molar-refractivity contribution in [2.75, 3.05) is 45.3 Å². The molecule has 11 unspecified atom stereocenters. The first-order valence-corrected chi connectivity index (χ1v) is 26.6. The second-order valence-electron chi connectivity index (χ2n) is 21.4. The van der Waals surface area contributed by atoms with Crippen molar-refractivity contribution in [1.29, 1.82) is 0 Å². The predicted molar refractivity (Wildman–Crippen MR) is 272 cm³/mol. The van der Waals surface area contributed by atoms with Gasteiger partial charge in [-0.05, 0) is 142 Å². The molecule has 4 rings (SSSR count). The van der Waals surface area contributed by atoms with Gasteiger partial charge < -0.3 is 67.3 Å². The van der Waals surface area contributed by atoms with E-state index >= 15 is 0 Å². The lowest BCUT2D eigenvalue weighted by atomic mass is 9.53. The third-order valence-corrected chi connectivity index (χ3v) is 16.1. The Morgan fingerprint density at radius 1 is 0.676 bits per heavy atom. The number of carbonyl (C=O) groups is 8. The van der Waals surface area contributed by atoms with E-state index in [4.69, 9.17) is 15.2 Å². The molecule has 21 nitrogen and oxygen atoms in total. The lowest BCUT2D eigenvalue weighted by Gasteiger charge is -2.53. The summed E-state index contributed by atoms with van der Waals surface area (Å²) >= 11 is 0. The number of carboxylic acids is 3. The Bertz CT molecular complexity index is 2030. The molecule has 0 heterocycles. The zero-order valence-corrected chi connectivity index (χ0v) is 43.6. The molecule has 0 radical (unpaired) electrons. The number of nitrogens with one attached hydrogen (secondary N) is 5. The lowest BCUT2D eigenvalue weighted by molar-refractivity contribution is -0.143. The van der Waals surface area contributed by atoms with Crippen molar-refractivity contribution in [2.24, 2.45) is 34.5 Å². The van der Waals surface area contributed by atoms with E-state index in [1.165, 1.54) is 12.8 Å². The number of fused-ring (bicyclic) bond motifs is 1. The van der Waals surface area contributed by atoms with Crippen LogP contribution in [0.1, 0.15) is 153 Å². The van der Waals surface area contributed by atoms with E-state index in [2.05, 4.69) is 47.4 Å². The summed E-state index contributed by atoms with van der Waals surface area (Å²) in [5.74, 6) is -5.68. The van der Waals surface area contributed by atoms with Gasteiger partial charge in [-0.25, -0.2) is 14.4 Å². The zero-order chi connectivity index (χ0) is 54.4. The number of nitrogen functional groups attached to an aromatic ring is 1. The molecule has 3 saturated carbocycles. The number of ether oxygens (including phenoxy) is 2. The molecular weight excluding hydrogens is 961 g/mol. The predicted octanol–water partition coefficient (Wildman–Crippen LogP) is 3.53. The molecule has 416 valence electrons. The Morgan fingerprint density at radius 3 is 1.92 bits per heavy atom. The largest absolute Gasteiger partial charge is 0.480 e. The molecular formula is C53H84N6O15. The molecule has 21 heteroatoms. The van der Waals surface area contributed by atoms with Crippen molar-refractivity contribution < 1.29 is 73.4 Å². The Labute approximate surface area is 434 Å². The summed E-state index contributed by atoms with van der Waals surface area (Å²) in [7, 11) is 0. The van der Waals surface area contributed by atoms with Crippen molar-refractivity contribution >= 4 is 53.1 Å². The van der Waals surface area contributed by atoms with Gasteiger partial charge in [0.25, 0.3) is 5.91 Å². The highest BCUT2D eigenvalue weighted by molar-refractivity contribution is 5.94. The fraction of sp³-hybridized carbons (Fsp3) is 0.736. The van der Waals surface area contributed by atoms with E-state index in [0.717, 1.165) is 38.5 Å². The minimum Gasteiger partial charge on any atom is -0.480 e. The highest BCUT2D eigenvalue weighted by atomic mass is 16.5. The topological polar surface area (TPSA) is 342 Å². The summed E-state index contributed by atoms with van der Waals surface area (Å²) in [5, 5.41) is 64.3. The number of aliphatic carboxylic acids is 3. The van der Waals surface area contributed by atoms with Crippen LogP contribution in [0.15, 0.2) is 24.3 Å². The third-order valence-electron chi connectivity index (χ3n) is 16.1. The Kier molecular flexibility index (Phi) is 25.0. The van der Waals surface area contributed by atoms with Crippen LogP contribution in [0.5, 0.6) is 0 Å². The highest BCUT2D eigenvalue weighted by Crippen LogP contribution is 2.57. The van der Waals surface area contributed by atoms with E-state index in [1.807, 2.05) is 0 Å². The monoisotopic (exact) mass is 1040 g/mol. The average molecular weight is 1050 g/mol. The van der Waals surface area contributed by atoms with Crippen molar-refractivity contribution in [3.05, 3.63) is 29.8 Å². The number of hydrogen-bond acceptors (Lipinski definition) is 13. The van der Waals surface area contributed by atoms with Gasteiger partial charge in [-0.2, -0.15) is 0 Å². The number of unbranched alkanes of at least 4 members (excludes halogenated alkanes) is 1. The molecule has 11 atom stereocenters. The quantitative estimate of drug-likeness (QED) is 0.0354. The summed E-state index contributed by atoms with van der Waals surface area (Å²) in [6.45, 7) is 6.64. The van der Waals surface area contributed by atoms with Gasteiger partial charge in [-0.15, -0.1) is 0 Å². The number of aliphatic hydroxyl groups is 2. The standard InChI is InChI=1S/C53H84N6O15/c1-33(39-10-8-23-53(39,3)43(61)31-36-30-38(60)29-35-9-4-6-22-52(35,36)2)12-19-45(63)57-42(51(71)72)18-21-46(64)58-41(50(69)70)17-20-44(62)55-25-26-73-27-28-74-32-47(65)59-40(49(67)68)11-5-7-24-56-48(66)34-13-15-37(54)16-14-34/h13-16,33,35-36,38-43,60-61H,4-12,17-32,54H2,1-3H3,(H,55,62)(H,56,66)(H,57,63)(H,58,64)(H,59,65)(H,67,68)(H,69,70)(H,71,72). The van der Waals surface area contributed by atoms with Crippen LogP contribution in [0, 0.1) is 34.5 Å². The van der Waals surface area contributed by atoms with E-state index in [0.29, 0.717) is 55.8 Å². The van der Waals surface area contributed by atoms with Crippen molar-refractivity contribution in [2.45, 2.75) is 173 Å². The minimum atomic E-state index is -1.44. The van der Waals surface area contributed by atoms with Crippen LogP contribution in [0.3, 0.4) is 0 Å². The van der Waals surface area contributed by atoms with Crippen LogP contribution in [0.4, 0.5) is 5.69 Å². The maximum absolute atomic E-state index is 13.1. The van der Waals surface area contributed by atoms with Gasteiger partial charge in [0, 0.05) is 43.6 Å². The SMILES string of the molecule is CC(CCC(=O)NC(CCC(=O)NC(CCC(=O)NCCOCCOCC(=O)NC(CCCCNC(=O)c1ccc(N)cc1)C(=O)O)C(=O)O)C(=O)O)C1CCCC1(C)C(O)CC1CC(O)CC2CCCCC21C. The summed E-state index contributed by atoms with van der Waals surface area (Å²) in [6.07, 6.45) is 9.05. The molecule has 0 bridgehead atoms. The molecule has 0 aromatic heterocycles. The van der Waals surface area contributed by atoms with Gasteiger partial charge in [-0.3, -0.25) is 24.0 Å².